The van der Waals surface area contributed by atoms with E-state index in [1.54, 1.807) is 12.4 Å². The van der Waals surface area contributed by atoms with E-state index in [0.29, 0.717) is 16.3 Å². The quantitative estimate of drug-likeness (QED) is 0.815. The molecule has 1 saturated heterocycles. The molecule has 0 amide bonds. The first-order valence-corrected chi connectivity index (χ1v) is 6.93. The molecule has 5 heteroatoms. The SMILES string of the molecule is CC(C)C1CN(c2cncc(Cl)n2)CCS1. The van der Waals surface area contributed by atoms with Gasteiger partial charge in [-0.05, 0) is 5.92 Å². The lowest BCUT2D eigenvalue weighted by Gasteiger charge is -2.34. The van der Waals surface area contributed by atoms with Gasteiger partial charge in [-0.3, -0.25) is 4.98 Å². The minimum absolute atomic E-state index is 0.469. The van der Waals surface area contributed by atoms with Gasteiger partial charge in [0.15, 0.2) is 0 Å². The van der Waals surface area contributed by atoms with Crippen LogP contribution in [0.3, 0.4) is 0 Å². The molecule has 1 aliphatic heterocycles. The summed E-state index contributed by atoms with van der Waals surface area (Å²) in [6.45, 7) is 6.61. The number of aromatic nitrogens is 2. The average Bonchev–Trinajstić information content (AvgIpc) is 2.29. The molecule has 0 aromatic carbocycles. The first-order valence-electron chi connectivity index (χ1n) is 5.51. The maximum Gasteiger partial charge on any atom is 0.149 e. The van der Waals surface area contributed by atoms with Gasteiger partial charge < -0.3 is 4.90 Å². The fourth-order valence-corrected chi connectivity index (χ4v) is 3.21. The lowest BCUT2D eigenvalue weighted by Crippen LogP contribution is -2.40. The molecule has 1 fully saturated rings. The average molecular weight is 258 g/mol. The number of halogens is 1. The number of hydrogen-bond acceptors (Lipinski definition) is 4. The van der Waals surface area contributed by atoms with Crippen molar-refractivity contribution in [2.24, 2.45) is 5.92 Å². The van der Waals surface area contributed by atoms with Crippen molar-refractivity contribution >= 4 is 29.2 Å². The van der Waals surface area contributed by atoms with E-state index in [1.165, 1.54) is 0 Å². The summed E-state index contributed by atoms with van der Waals surface area (Å²) in [7, 11) is 0. The molecular formula is C11H16ClN3S. The van der Waals surface area contributed by atoms with E-state index in [-0.39, 0.29) is 0 Å². The Labute approximate surface area is 106 Å². The zero-order chi connectivity index (χ0) is 11.5. The molecule has 0 spiro atoms. The Morgan fingerprint density at radius 1 is 1.50 bits per heavy atom. The van der Waals surface area contributed by atoms with Gasteiger partial charge in [0.25, 0.3) is 0 Å². The van der Waals surface area contributed by atoms with Crippen LogP contribution in [0.25, 0.3) is 0 Å². The van der Waals surface area contributed by atoms with Gasteiger partial charge in [-0.2, -0.15) is 11.8 Å². The zero-order valence-corrected chi connectivity index (χ0v) is 11.1. The number of rotatable bonds is 2. The van der Waals surface area contributed by atoms with Crippen LogP contribution in [0.1, 0.15) is 13.8 Å². The van der Waals surface area contributed by atoms with Crippen LogP contribution in [0, 0.1) is 5.92 Å². The van der Waals surface area contributed by atoms with Crippen LogP contribution in [0.2, 0.25) is 5.15 Å². The molecule has 2 rings (SSSR count). The molecule has 1 atom stereocenters. The molecule has 1 aromatic heterocycles. The van der Waals surface area contributed by atoms with Crippen molar-refractivity contribution in [3.63, 3.8) is 0 Å². The lowest BCUT2D eigenvalue weighted by atomic mass is 10.1. The van der Waals surface area contributed by atoms with Crippen LogP contribution < -0.4 is 4.90 Å². The Kier molecular flexibility index (Phi) is 3.92. The predicted octanol–water partition coefficient (Wildman–Crippen LogP) is 2.71. The first-order chi connectivity index (χ1) is 7.66. The topological polar surface area (TPSA) is 29.0 Å². The molecule has 0 N–H and O–H groups in total. The van der Waals surface area contributed by atoms with Gasteiger partial charge in [-0.25, -0.2) is 4.98 Å². The van der Waals surface area contributed by atoms with E-state index < -0.39 is 0 Å². The van der Waals surface area contributed by atoms with E-state index in [4.69, 9.17) is 11.6 Å². The summed E-state index contributed by atoms with van der Waals surface area (Å²) in [6.07, 6.45) is 3.36. The molecule has 1 aliphatic rings. The lowest BCUT2D eigenvalue weighted by molar-refractivity contribution is 0.580. The predicted molar refractivity (Wildman–Crippen MR) is 70.3 cm³/mol. The maximum absolute atomic E-state index is 5.86. The van der Waals surface area contributed by atoms with Crippen LogP contribution in [0.4, 0.5) is 5.82 Å². The molecule has 1 aromatic rings. The molecule has 1 unspecified atom stereocenters. The maximum atomic E-state index is 5.86. The van der Waals surface area contributed by atoms with E-state index in [1.807, 2.05) is 0 Å². The fourth-order valence-electron chi connectivity index (χ4n) is 1.77. The summed E-state index contributed by atoms with van der Waals surface area (Å²) in [4.78, 5) is 10.7. The van der Waals surface area contributed by atoms with Gasteiger partial charge in [0.2, 0.25) is 0 Å². The van der Waals surface area contributed by atoms with Crippen molar-refractivity contribution in [3.05, 3.63) is 17.5 Å². The van der Waals surface area contributed by atoms with Gasteiger partial charge in [0.05, 0.1) is 12.4 Å². The Balaban J connectivity index is 2.09. The van der Waals surface area contributed by atoms with E-state index >= 15 is 0 Å². The van der Waals surface area contributed by atoms with Gasteiger partial charge >= 0.3 is 0 Å². The molecule has 0 saturated carbocycles. The summed E-state index contributed by atoms with van der Waals surface area (Å²) < 4.78 is 0. The monoisotopic (exact) mass is 257 g/mol. The number of nitrogens with zero attached hydrogens (tertiary/aromatic N) is 3. The molecule has 0 bridgehead atoms. The highest BCUT2D eigenvalue weighted by molar-refractivity contribution is 8.00. The molecule has 2 heterocycles. The van der Waals surface area contributed by atoms with Crippen molar-refractivity contribution in [2.45, 2.75) is 19.1 Å². The third-order valence-corrected chi connectivity index (χ3v) is 4.48. The van der Waals surface area contributed by atoms with Crippen LogP contribution in [-0.2, 0) is 0 Å². The summed E-state index contributed by atoms with van der Waals surface area (Å²) in [5, 5.41) is 1.14. The second-order valence-electron chi connectivity index (χ2n) is 4.30. The van der Waals surface area contributed by atoms with E-state index in [9.17, 15) is 0 Å². The van der Waals surface area contributed by atoms with Crippen molar-refractivity contribution < 1.29 is 0 Å². The van der Waals surface area contributed by atoms with Crippen LogP contribution in [0.5, 0.6) is 0 Å². The summed E-state index contributed by atoms with van der Waals surface area (Å²) in [6, 6.07) is 0. The van der Waals surface area contributed by atoms with Crippen molar-refractivity contribution in [2.75, 3.05) is 23.7 Å². The normalized spacial score (nSPS) is 21.5. The van der Waals surface area contributed by atoms with E-state index in [2.05, 4.69) is 40.5 Å². The molecule has 0 radical (unpaired) electrons. The second-order valence-corrected chi connectivity index (χ2v) is 6.03. The Morgan fingerprint density at radius 3 is 3.00 bits per heavy atom. The third-order valence-electron chi connectivity index (χ3n) is 2.75. The summed E-state index contributed by atoms with van der Waals surface area (Å²) in [5.41, 5.74) is 0. The molecular weight excluding hydrogens is 242 g/mol. The smallest absolute Gasteiger partial charge is 0.149 e. The molecule has 16 heavy (non-hydrogen) atoms. The Bertz CT molecular complexity index is 359. The zero-order valence-electron chi connectivity index (χ0n) is 9.56. The van der Waals surface area contributed by atoms with Crippen LogP contribution >= 0.6 is 23.4 Å². The summed E-state index contributed by atoms with van der Waals surface area (Å²) >= 11 is 7.91. The van der Waals surface area contributed by atoms with Crippen molar-refractivity contribution in [1.82, 2.24) is 9.97 Å². The highest BCUT2D eigenvalue weighted by Gasteiger charge is 2.23. The molecule has 3 nitrogen and oxygen atoms in total. The highest BCUT2D eigenvalue weighted by atomic mass is 35.5. The largest absolute Gasteiger partial charge is 0.353 e. The van der Waals surface area contributed by atoms with E-state index in [0.717, 1.165) is 24.7 Å². The second kappa shape index (κ2) is 5.23. The van der Waals surface area contributed by atoms with Crippen molar-refractivity contribution in [3.8, 4) is 0 Å². The van der Waals surface area contributed by atoms with Gasteiger partial charge in [-0.1, -0.05) is 25.4 Å². The fraction of sp³-hybridized carbons (Fsp3) is 0.636. The minimum Gasteiger partial charge on any atom is -0.353 e. The minimum atomic E-state index is 0.469. The van der Waals surface area contributed by atoms with Gasteiger partial charge in [0.1, 0.15) is 11.0 Å². The van der Waals surface area contributed by atoms with Gasteiger partial charge in [0, 0.05) is 24.1 Å². The molecule has 0 aliphatic carbocycles. The first kappa shape index (κ1) is 12.0. The number of anilines is 1. The van der Waals surface area contributed by atoms with Crippen LogP contribution in [-0.4, -0.2) is 34.1 Å². The standard InChI is InChI=1S/C11H16ClN3S/c1-8(2)9-7-15(3-4-16-9)11-6-13-5-10(12)14-11/h5-6,8-9H,3-4,7H2,1-2H3. The van der Waals surface area contributed by atoms with Crippen molar-refractivity contribution in [1.29, 1.82) is 0 Å². The summed E-state index contributed by atoms with van der Waals surface area (Å²) in [5.74, 6) is 2.75. The highest BCUT2D eigenvalue weighted by Crippen LogP contribution is 2.27. The Hall–Kier alpha value is -0.480. The van der Waals surface area contributed by atoms with Gasteiger partial charge in [-0.15, -0.1) is 0 Å². The molecule has 88 valence electrons. The number of hydrogen-bond donors (Lipinski definition) is 0. The van der Waals surface area contributed by atoms with Crippen LogP contribution in [0.15, 0.2) is 12.4 Å². The third kappa shape index (κ3) is 2.80. The number of thioether (sulfide) groups is 1. The Morgan fingerprint density at radius 2 is 2.31 bits per heavy atom.